The summed E-state index contributed by atoms with van der Waals surface area (Å²) < 4.78 is 5.57. The Kier molecular flexibility index (Phi) is 8.62. The largest absolute Gasteiger partial charge is 0.492 e. The Balaban J connectivity index is 1.72. The molecule has 0 aliphatic carbocycles. The van der Waals surface area contributed by atoms with Gasteiger partial charge in [0.05, 0.1) is 13.1 Å². The van der Waals surface area contributed by atoms with Crippen LogP contribution in [0, 0.1) is 0 Å². The summed E-state index contributed by atoms with van der Waals surface area (Å²) in [6.45, 7) is 3.69. The van der Waals surface area contributed by atoms with Gasteiger partial charge >= 0.3 is 6.03 Å². The molecule has 150 valence electrons. The van der Waals surface area contributed by atoms with Crippen molar-refractivity contribution in [1.29, 1.82) is 0 Å². The lowest BCUT2D eigenvalue weighted by Crippen LogP contribution is -2.45. The first-order valence-corrected chi connectivity index (χ1v) is 9.56. The molecule has 0 radical (unpaired) electrons. The molecule has 28 heavy (non-hydrogen) atoms. The zero-order valence-electron chi connectivity index (χ0n) is 16.2. The zero-order valence-corrected chi connectivity index (χ0v) is 17.0. The second-order valence-electron chi connectivity index (χ2n) is 6.28. The Labute approximate surface area is 171 Å². The number of nitrogens with one attached hydrogen (secondary N) is 1. The van der Waals surface area contributed by atoms with Crippen molar-refractivity contribution in [3.8, 4) is 5.75 Å². The Hall–Kier alpha value is -2.73. The molecule has 1 N–H and O–H groups in total. The molecule has 3 amide bonds. The molecule has 0 aromatic heterocycles. The molecule has 2 rings (SSSR count). The number of nitrogens with zero attached hydrogens (tertiary/aromatic N) is 2. The van der Waals surface area contributed by atoms with Gasteiger partial charge in [-0.25, -0.2) is 4.79 Å². The fraction of sp³-hybridized carbons (Fsp3) is 0.333. The van der Waals surface area contributed by atoms with Crippen LogP contribution in [0.15, 0.2) is 54.6 Å². The van der Waals surface area contributed by atoms with Crippen molar-refractivity contribution in [3.05, 3.63) is 65.2 Å². The summed E-state index contributed by atoms with van der Waals surface area (Å²) in [6.07, 6.45) is 0. The third-order valence-electron chi connectivity index (χ3n) is 4.18. The van der Waals surface area contributed by atoms with Gasteiger partial charge in [-0.05, 0) is 30.7 Å². The molecular weight excluding hydrogens is 378 g/mol. The van der Waals surface area contributed by atoms with E-state index in [0.717, 1.165) is 5.56 Å². The Morgan fingerprint density at radius 2 is 1.86 bits per heavy atom. The molecular formula is C21H26ClN3O3. The molecule has 0 spiro atoms. The number of hydrogen-bond acceptors (Lipinski definition) is 3. The van der Waals surface area contributed by atoms with Crippen LogP contribution in [0.2, 0.25) is 5.02 Å². The smallest absolute Gasteiger partial charge is 0.317 e. The quantitative estimate of drug-likeness (QED) is 0.697. The standard InChI is InChI=1S/C21H26ClN3O3/c1-3-25(16-17-8-5-4-6-9-17)20(26)15-23-21(27)24(2)12-13-28-19-11-7-10-18(22)14-19/h4-11,14H,3,12-13,15-16H2,1-2H3,(H,23,27). The zero-order chi connectivity index (χ0) is 20.4. The van der Waals surface area contributed by atoms with Gasteiger partial charge in [-0.1, -0.05) is 48.0 Å². The van der Waals surface area contributed by atoms with Crippen LogP contribution in [0.5, 0.6) is 5.75 Å². The summed E-state index contributed by atoms with van der Waals surface area (Å²) in [4.78, 5) is 27.8. The molecule has 2 aromatic carbocycles. The molecule has 0 saturated heterocycles. The van der Waals surface area contributed by atoms with Gasteiger partial charge in [0.15, 0.2) is 0 Å². The minimum atomic E-state index is -0.321. The molecule has 0 saturated carbocycles. The van der Waals surface area contributed by atoms with Crippen LogP contribution in [0.25, 0.3) is 0 Å². The van der Waals surface area contributed by atoms with Crippen LogP contribution >= 0.6 is 11.6 Å². The molecule has 0 bridgehead atoms. The minimum Gasteiger partial charge on any atom is -0.492 e. The minimum absolute atomic E-state index is 0.0427. The Morgan fingerprint density at radius 3 is 2.54 bits per heavy atom. The number of urea groups is 1. The SMILES string of the molecule is CCN(Cc1ccccc1)C(=O)CNC(=O)N(C)CCOc1cccc(Cl)c1. The van der Waals surface area contributed by atoms with E-state index in [9.17, 15) is 9.59 Å². The summed E-state index contributed by atoms with van der Waals surface area (Å²) in [7, 11) is 1.66. The number of carbonyl (C=O) groups excluding carboxylic acids is 2. The van der Waals surface area contributed by atoms with Crippen molar-refractivity contribution in [2.45, 2.75) is 13.5 Å². The van der Waals surface area contributed by atoms with Gasteiger partial charge in [0.25, 0.3) is 0 Å². The van der Waals surface area contributed by atoms with Crippen molar-refractivity contribution >= 4 is 23.5 Å². The van der Waals surface area contributed by atoms with Gasteiger partial charge in [-0.2, -0.15) is 0 Å². The van der Waals surface area contributed by atoms with Crippen LogP contribution in [0.1, 0.15) is 12.5 Å². The highest BCUT2D eigenvalue weighted by atomic mass is 35.5. The fourth-order valence-electron chi connectivity index (χ4n) is 2.54. The number of benzene rings is 2. The number of carbonyl (C=O) groups is 2. The van der Waals surface area contributed by atoms with E-state index in [1.165, 1.54) is 4.90 Å². The maximum absolute atomic E-state index is 12.4. The molecule has 0 fully saturated rings. The second-order valence-corrected chi connectivity index (χ2v) is 6.72. The van der Waals surface area contributed by atoms with E-state index in [1.807, 2.05) is 37.3 Å². The molecule has 2 aromatic rings. The fourth-order valence-corrected chi connectivity index (χ4v) is 2.72. The van der Waals surface area contributed by atoms with Crippen molar-refractivity contribution in [3.63, 3.8) is 0 Å². The lowest BCUT2D eigenvalue weighted by atomic mass is 10.2. The van der Waals surface area contributed by atoms with Gasteiger partial charge < -0.3 is 19.9 Å². The molecule has 0 unspecified atom stereocenters. The average Bonchev–Trinajstić information content (AvgIpc) is 2.70. The van der Waals surface area contributed by atoms with Crippen LogP contribution in [0.3, 0.4) is 0 Å². The summed E-state index contributed by atoms with van der Waals surface area (Å²) >= 11 is 5.91. The van der Waals surface area contributed by atoms with Crippen molar-refractivity contribution in [2.24, 2.45) is 0 Å². The van der Waals surface area contributed by atoms with Gasteiger partial charge in [0, 0.05) is 25.2 Å². The number of amides is 3. The third kappa shape index (κ3) is 7.12. The van der Waals surface area contributed by atoms with Gasteiger partial charge in [-0.3, -0.25) is 4.79 Å². The van der Waals surface area contributed by atoms with Crippen molar-refractivity contribution in [2.75, 3.05) is 33.3 Å². The van der Waals surface area contributed by atoms with Gasteiger partial charge in [0.2, 0.25) is 5.91 Å². The molecule has 7 heteroatoms. The highest BCUT2D eigenvalue weighted by Crippen LogP contribution is 2.16. The lowest BCUT2D eigenvalue weighted by molar-refractivity contribution is -0.130. The number of hydrogen-bond donors (Lipinski definition) is 1. The van der Waals surface area contributed by atoms with E-state index >= 15 is 0 Å². The van der Waals surface area contributed by atoms with E-state index in [0.29, 0.717) is 37.0 Å². The normalized spacial score (nSPS) is 10.2. The lowest BCUT2D eigenvalue weighted by Gasteiger charge is -2.23. The van der Waals surface area contributed by atoms with Gasteiger partial charge in [-0.15, -0.1) is 0 Å². The molecule has 0 heterocycles. The monoisotopic (exact) mass is 403 g/mol. The summed E-state index contributed by atoms with van der Waals surface area (Å²) in [5.74, 6) is 0.527. The van der Waals surface area contributed by atoms with E-state index in [2.05, 4.69) is 5.32 Å². The number of ether oxygens (including phenoxy) is 1. The number of likely N-dealkylation sites (N-methyl/N-ethyl adjacent to an activating group) is 2. The maximum Gasteiger partial charge on any atom is 0.317 e. The van der Waals surface area contributed by atoms with Crippen LogP contribution < -0.4 is 10.1 Å². The first kappa shape index (κ1) is 21.6. The van der Waals surface area contributed by atoms with Crippen LogP contribution in [0.4, 0.5) is 4.79 Å². The summed E-state index contributed by atoms with van der Waals surface area (Å²) in [6, 6.07) is 16.5. The second kappa shape index (κ2) is 11.2. The van der Waals surface area contributed by atoms with Gasteiger partial charge in [0.1, 0.15) is 12.4 Å². The van der Waals surface area contributed by atoms with Crippen molar-refractivity contribution < 1.29 is 14.3 Å². The van der Waals surface area contributed by atoms with Crippen LogP contribution in [-0.2, 0) is 11.3 Å². The van der Waals surface area contributed by atoms with Crippen molar-refractivity contribution in [1.82, 2.24) is 15.1 Å². The highest BCUT2D eigenvalue weighted by molar-refractivity contribution is 6.30. The van der Waals surface area contributed by atoms with E-state index in [4.69, 9.17) is 16.3 Å². The molecule has 0 aliphatic heterocycles. The molecule has 0 aliphatic rings. The number of rotatable bonds is 9. The summed E-state index contributed by atoms with van der Waals surface area (Å²) in [5.41, 5.74) is 1.05. The van der Waals surface area contributed by atoms with E-state index in [1.54, 1.807) is 36.2 Å². The maximum atomic E-state index is 12.4. The highest BCUT2D eigenvalue weighted by Gasteiger charge is 2.15. The molecule has 6 nitrogen and oxygen atoms in total. The number of halogens is 1. The average molecular weight is 404 g/mol. The summed E-state index contributed by atoms with van der Waals surface area (Å²) in [5, 5.41) is 3.26. The van der Waals surface area contributed by atoms with E-state index < -0.39 is 0 Å². The van der Waals surface area contributed by atoms with Crippen LogP contribution in [-0.4, -0.2) is 55.0 Å². The molecule has 0 atom stereocenters. The first-order chi connectivity index (χ1) is 13.5. The Morgan fingerprint density at radius 1 is 1.11 bits per heavy atom. The third-order valence-corrected chi connectivity index (χ3v) is 4.41. The predicted octanol–water partition coefficient (Wildman–Crippen LogP) is 3.41. The topological polar surface area (TPSA) is 61.9 Å². The van der Waals surface area contributed by atoms with E-state index in [-0.39, 0.29) is 18.5 Å². The first-order valence-electron chi connectivity index (χ1n) is 9.18. The predicted molar refractivity (Wildman–Crippen MR) is 111 cm³/mol. The Bertz CT molecular complexity index is 771.